The van der Waals surface area contributed by atoms with E-state index in [0.29, 0.717) is 43.1 Å². The smallest absolute Gasteiger partial charge is 0.276 e. The molecule has 23 heavy (non-hydrogen) atoms. The fraction of sp³-hybridized carbons (Fsp3) is 0.375. The van der Waals surface area contributed by atoms with E-state index in [4.69, 9.17) is 4.52 Å². The van der Waals surface area contributed by atoms with Crippen LogP contribution in [0.5, 0.6) is 0 Å². The zero-order chi connectivity index (χ0) is 16.2. The van der Waals surface area contributed by atoms with Gasteiger partial charge >= 0.3 is 0 Å². The van der Waals surface area contributed by atoms with Crippen molar-refractivity contribution in [3.63, 3.8) is 0 Å². The summed E-state index contributed by atoms with van der Waals surface area (Å²) < 4.78 is 4.94. The van der Waals surface area contributed by atoms with E-state index in [1.54, 1.807) is 42.3 Å². The van der Waals surface area contributed by atoms with Crippen LogP contribution in [0.15, 0.2) is 35.0 Å². The maximum atomic E-state index is 12.3. The average Bonchev–Trinajstić information content (AvgIpc) is 3.02. The number of aromatic nitrogens is 2. The van der Waals surface area contributed by atoms with Crippen LogP contribution in [-0.4, -0.2) is 46.0 Å². The second-order valence-corrected chi connectivity index (χ2v) is 5.58. The number of pyridine rings is 1. The summed E-state index contributed by atoms with van der Waals surface area (Å²) in [5, 5.41) is 6.72. The molecule has 1 fully saturated rings. The standard InChI is InChI=1S/C16H18N4O3/c1-11-10-14(19-23-11)16(22)20-8-5-12(6-9-20)18-15(21)13-4-2-3-7-17-13/h2-4,7,10,12H,5-6,8-9H2,1H3,(H,18,21). The van der Waals surface area contributed by atoms with E-state index in [-0.39, 0.29) is 17.9 Å². The Hall–Kier alpha value is -2.70. The molecule has 0 saturated carbocycles. The Morgan fingerprint density at radius 2 is 2.04 bits per heavy atom. The second-order valence-electron chi connectivity index (χ2n) is 5.58. The number of piperidine rings is 1. The van der Waals surface area contributed by atoms with Crippen molar-refractivity contribution in [2.24, 2.45) is 0 Å². The Bertz CT molecular complexity index is 690. The molecule has 0 unspecified atom stereocenters. The first-order valence-corrected chi connectivity index (χ1v) is 7.58. The maximum absolute atomic E-state index is 12.3. The van der Waals surface area contributed by atoms with Crippen molar-refractivity contribution in [2.75, 3.05) is 13.1 Å². The molecule has 2 amide bonds. The van der Waals surface area contributed by atoms with Gasteiger partial charge in [0.2, 0.25) is 0 Å². The summed E-state index contributed by atoms with van der Waals surface area (Å²) in [5.74, 6) is 0.310. The number of hydrogen-bond acceptors (Lipinski definition) is 5. The summed E-state index contributed by atoms with van der Waals surface area (Å²) in [5.41, 5.74) is 0.738. The van der Waals surface area contributed by atoms with Gasteiger partial charge < -0.3 is 14.7 Å². The van der Waals surface area contributed by atoms with Crippen LogP contribution in [0.25, 0.3) is 0 Å². The molecule has 2 aromatic rings. The van der Waals surface area contributed by atoms with Crippen LogP contribution < -0.4 is 5.32 Å². The third-order valence-electron chi connectivity index (χ3n) is 3.86. The van der Waals surface area contributed by atoms with Gasteiger partial charge in [0, 0.05) is 31.4 Å². The maximum Gasteiger partial charge on any atom is 0.276 e. The highest BCUT2D eigenvalue weighted by Crippen LogP contribution is 2.14. The lowest BCUT2D eigenvalue weighted by Crippen LogP contribution is -2.46. The van der Waals surface area contributed by atoms with Crippen LogP contribution in [0.1, 0.15) is 39.6 Å². The minimum absolute atomic E-state index is 0.0487. The van der Waals surface area contributed by atoms with E-state index in [2.05, 4.69) is 15.5 Å². The molecular formula is C16H18N4O3. The van der Waals surface area contributed by atoms with E-state index in [0.717, 1.165) is 0 Å². The number of nitrogens with zero attached hydrogens (tertiary/aromatic N) is 3. The van der Waals surface area contributed by atoms with Crippen molar-refractivity contribution in [1.29, 1.82) is 0 Å². The molecule has 0 aliphatic carbocycles. The molecule has 0 spiro atoms. The first-order valence-electron chi connectivity index (χ1n) is 7.58. The molecule has 7 nitrogen and oxygen atoms in total. The molecule has 1 N–H and O–H groups in total. The van der Waals surface area contributed by atoms with Crippen molar-refractivity contribution >= 4 is 11.8 Å². The van der Waals surface area contributed by atoms with Gasteiger partial charge in [-0.25, -0.2) is 0 Å². The molecule has 3 rings (SSSR count). The normalized spacial score (nSPS) is 15.4. The highest BCUT2D eigenvalue weighted by Gasteiger charge is 2.26. The Balaban J connectivity index is 1.52. The lowest BCUT2D eigenvalue weighted by atomic mass is 10.0. The summed E-state index contributed by atoms with van der Waals surface area (Å²) in [6.07, 6.45) is 3.01. The summed E-state index contributed by atoms with van der Waals surface area (Å²) in [7, 11) is 0. The fourth-order valence-electron chi connectivity index (χ4n) is 2.61. The van der Waals surface area contributed by atoms with Gasteiger partial charge in [0.05, 0.1) is 0 Å². The lowest BCUT2D eigenvalue weighted by molar-refractivity contribution is 0.0688. The van der Waals surface area contributed by atoms with Gasteiger partial charge in [0.15, 0.2) is 5.69 Å². The van der Waals surface area contributed by atoms with E-state index < -0.39 is 0 Å². The molecule has 120 valence electrons. The van der Waals surface area contributed by atoms with Gasteiger partial charge in [0.25, 0.3) is 11.8 Å². The molecule has 3 heterocycles. The van der Waals surface area contributed by atoms with Crippen molar-refractivity contribution in [2.45, 2.75) is 25.8 Å². The summed E-state index contributed by atoms with van der Waals surface area (Å²) in [4.78, 5) is 30.1. The average molecular weight is 314 g/mol. The molecule has 0 radical (unpaired) electrons. The second kappa shape index (κ2) is 6.60. The van der Waals surface area contributed by atoms with Crippen LogP contribution in [0, 0.1) is 6.92 Å². The Morgan fingerprint density at radius 3 is 2.65 bits per heavy atom. The Kier molecular flexibility index (Phi) is 4.36. The Morgan fingerprint density at radius 1 is 1.26 bits per heavy atom. The van der Waals surface area contributed by atoms with Crippen LogP contribution in [0.3, 0.4) is 0 Å². The molecule has 7 heteroatoms. The number of amides is 2. The van der Waals surface area contributed by atoms with Crippen LogP contribution >= 0.6 is 0 Å². The summed E-state index contributed by atoms with van der Waals surface area (Å²) >= 11 is 0. The van der Waals surface area contributed by atoms with Gasteiger partial charge in [-0.2, -0.15) is 0 Å². The lowest BCUT2D eigenvalue weighted by Gasteiger charge is -2.31. The fourth-order valence-corrected chi connectivity index (χ4v) is 2.61. The minimum Gasteiger partial charge on any atom is -0.361 e. The van der Waals surface area contributed by atoms with Crippen LogP contribution in [-0.2, 0) is 0 Å². The first-order chi connectivity index (χ1) is 11.1. The zero-order valence-electron chi connectivity index (χ0n) is 12.9. The van der Waals surface area contributed by atoms with Crippen molar-refractivity contribution < 1.29 is 14.1 Å². The highest BCUT2D eigenvalue weighted by molar-refractivity contribution is 5.93. The van der Waals surface area contributed by atoms with Crippen molar-refractivity contribution in [3.05, 3.63) is 47.6 Å². The predicted molar refractivity (Wildman–Crippen MR) is 81.9 cm³/mol. The van der Waals surface area contributed by atoms with Crippen molar-refractivity contribution in [1.82, 2.24) is 20.4 Å². The number of aryl methyl sites for hydroxylation is 1. The zero-order valence-corrected chi connectivity index (χ0v) is 12.9. The van der Waals surface area contributed by atoms with Gasteiger partial charge in [-0.05, 0) is 31.9 Å². The topological polar surface area (TPSA) is 88.3 Å². The summed E-state index contributed by atoms with van der Waals surface area (Å²) in [6, 6.07) is 6.92. The van der Waals surface area contributed by atoms with Gasteiger partial charge in [-0.15, -0.1) is 0 Å². The number of rotatable bonds is 3. The molecule has 0 bridgehead atoms. The van der Waals surface area contributed by atoms with Crippen LogP contribution in [0.2, 0.25) is 0 Å². The van der Waals surface area contributed by atoms with E-state index in [1.165, 1.54) is 0 Å². The largest absolute Gasteiger partial charge is 0.361 e. The molecule has 2 aromatic heterocycles. The molecule has 1 aliphatic heterocycles. The third-order valence-corrected chi connectivity index (χ3v) is 3.86. The molecule has 1 saturated heterocycles. The Labute approximate surface area is 133 Å². The predicted octanol–water partition coefficient (Wildman–Crippen LogP) is 1.41. The minimum atomic E-state index is -0.178. The highest BCUT2D eigenvalue weighted by atomic mass is 16.5. The van der Waals surface area contributed by atoms with Crippen molar-refractivity contribution in [3.8, 4) is 0 Å². The SMILES string of the molecule is Cc1cc(C(=O)N2CCC(NC(=O)c3ccccn3)CC2)no1. The van der Waals surface area contributed by atoms with Gasteiger partial charge in [-0.3, -0.25) is 14.6 Å². The monoisotopic (exact) mass is 314 g/mol. The molecule has 0 atom stereocenters. The van der Waals surface area contributed by atoms with Gasteiger partial charge in [-0.1, -0.05) is 11.2 Å². The quantitative estimate of drug-likeness (QED) is 0.925. The van der Waals surface area contributed by atoms with E-state index >= 15 is 0 Å². The van der Waals surface area contributed by atoms with E-state index in [1.807, 2.05) is 0 Å². The van der Waals surface area contributed by atoms with Crippen LogP contribution in [0.4, 0.5) is 0 Å². The number of carbonyl (C=O) groups excluding carboxylic acids is 2. The molecule has 1 aliphatic rings. The molecular weight excluding hydrogens is 296 g/mol. The first kappa shape index (κ1) is 15.2. The van der Waals surface area contributed by atoms with Gasteiger partial charge in [0.1, 0.15) is 11.5 Å². The third kappa shape index (κ3) is 3.56. The number of nitrogens with one attached hydrogen (secondary N) is 1. The summed E-state index contributed by atoms with van der Waals surface area (Å²) in [6.45, 7) is 2.92. The van der Waals surface area contributed by atoms with E-state index in [9.17, 15) is 9.59 Å². The number of hydrogen-bond donors (Lipinski definition) is 1. The molecule has 0 aromatic carbocycles. The number of likely N-dealkylation sites (tertiary alicyclic amines) is 1. The number of carbonyl (C=O) groups is 2.